The van der Waals surface area contributed by atoms with Gasteiger partial charge in [0.2, 0.25) is 0 Å². The molecule has 1 aliphatic heterocycles. The molecule has 0 aromatic heterocycles. The number of rotatable bonds is 8. The maximum atomic E-state index is 12.6. The summed E-state index contributed by atoms with van der Waals surface area (Å²) in [4.78, 5) is 12.6. The monoisotopic (exact) mass is 380 g/mol. The van der Waals surface area contributed by atoms with E-state index in [9.17, 15) is 13.2 Å². The van der Waals surface area contributed by atoms with Gasteiger partial charge in [-0.3, -0.25) is 9.35 Å². The van der Waals surface area contributed by atoms with E-state index in [-0.39, 0.29) is 17.6 Å². The number of thioether (sulfide) groups is 2. The van der Waals surface area contributed by atoms with Gasteiger partial charge in [-0.15, -0.1) is 0 Å². The SMILES string of the molecule is O=C(CC(CCCS(=O)(=O)O)C1CSCCS1)C1CCCCC1. The zero-order chi connectivity index (χ0) is 16.7. The average Bonchev–Trinajstić information content (AvgIpc) is 2.54. The Balaban J connectivity index is 1.90. The molecule has 0 aromatic carbocycles. The molecule has 1 saturated heterocycles. The fraction of sp³-hybridized carbons (Fsp3) is 0.938. The van der Waals surface area contributed by atoms with E-state index in [0.717, 1.165) is 49.4 Å². The van der Waals surface area contributed by atoms with Crippen LogP contribution in [-0.4, -0.2) is 47.0 Å². The van der Waals surface area contributed by atoms with E-state index < -0.39 is 10.1 Å². The molecule has 0 aromatic rings. The summed E-state index contributed by atoms with van der Waals surface area (Å²) >= 11 is 3.87. The third kappa shape index (κ3) is 7.36. The third-order valence-corrected chi connectivity index (χ3v) is 8.65. The largest absolute Gasteiger partial charge is 0.299 e. The van der Waals surface area contributed by atoms with Crippen LogP contribution in [0.4, 0.5) is 0 Å². The normalized spacial score (nSPS) is 25.2. The van der Waals surface area contributed by atoms with Crippen molar-refractivity contribution in [3.8, 4) is 0 Å². The fourth-order valence-corrected chi connectivity index (χ4v) is 7.11. The maximum absolute atomic E-state index is 12.6. The first kappa shape index (κ1) is 19.6. The van der Waals surface area contributed by atoms with Crippen LogP contribution in [-0.2, 0) is 14.9 Å². The van der Waals surface area contributed by atoms with Gasteiger partial charge >= 0.3 is 0 Å². The van der Waals surface area contributed by atoms with E-state index in [1.54, 1.807) is 0 Å². The summed E-state index contributed by atoms with van der Waals surface area (Å²) in [7, 11) is -3.90. The molecule has 1 N–H and O–H groups in total. The van der Waals surface area contributed by atoms with Crippen molar-refractivity contribution in [1.29, 1.82) is 0 Å². The molecule has 2 atom stereocenters. The van der Waals surface area contributed by atoms with E-state index in [4.69, 9.17) is 4.55 Å². The summed E-state index contributed by atoms with van der Waals surface area (Å²) in [6.07, 6.45) is 7.40. The smallest absolute Gasteiger partial charge is 0.264 e. The van der Waals surface area contributed by atoms with Gasteiger partial charge in [0.1, 0.15) is 5.78 Å². The van der Waals surface area contributed by atoms with Crippen LogP contribution < -0.4 is 0 Å². The van der Waals surface area contributed by atoms with Gasteiger partial charge < -0.3 is 0 Å². The molecular formula is C16H28O4S3. The number of carbonyl (C=O) groups excluding carboxylic acids is 1. The van der Waals surface area contributed by atoms with Gasteiger partial charge in [-0.25, -0.2) is 0 Å². The van der Waals surface area contributed by atoms with E-state index in [2.05, 4.69) is 0 Å². The molecule has 7 heteroatoms. The Hall–Kier alpha value is 0.280. The van der Waals surface area contributed by atoms with E-state index in [0.29, 0.717) is 23.9 Å². The first-order valence-corrected chi connectivity index (χ1v) is 12.4. The van der Waals surface area contributed by atoms with Gasteiger partial charge in [-0.2, -0.15) is 31.9 Å². The van der Waals surface area contributed by atoms with Crippen molar-refractivity contribution in [3.63, 3.8) is 0 Å². The van der Waals surface area contributed by atoms with Crippen LogP contribution in [0.1, 0.15) is 51.4 Å². The van der Waals surface area contributed by atoms with Crippen molar-refractivity contribution in [2.45, 2.75) is 56.6 Å². The van der Waals surface area contributed by atoms with Crippen LogP contribution in [0.5, 0.6) is 0 Å². The van der Waals surface area contributed by atoms with Crippen molar-refractivity contribution in [2.75, 3.05) is 23.0 Å². The Morgan fingerprint density at radius 3 is 2.52 bits per heavy atom. The molecule has 2 aliphatic rings. The summed E-state index contributed by atoms with van der Waals surface area (Å²) in [5, 5.41) is 0.447. The van der Waals surface area contributed by atoms with Gasteiger partial charge in [0, 0.05) is 34.8 Å². The molecule has 0 amide bonds. The van der Waals surface area contributed by atoms with Gasteiger partial charge in [0.25, 0.3) is 10.1 Å². The second-order valence-electron chi connectivity index (χ2n) is 6.68. The third-order valence-electron chi connectivity index (χ3n) is 4.87. The molecule has 0 bridgehead atoms. The summed E-state index contributed by atoms with van der Waals surface area (Å²) < 4.78 is 30.8. The highest BCUT2D eigenvalue weighted by Gasteiger charge is 2.30. The minimum atomic E-state index is -3.90. The first-order valence-electron chi connectivity index (χ1n) is 8.63. The second kappa shape index (κ2) is 9.68. The van der Waals surface area contributed by atoms with Crippen LogP contribution in [0.2, 0.25) is 0 Å². The van der Waals surface area contributed by atoms with Crippen molar-refractivity contribution in [3.05, 3.63) is 0 Å². The Morgan fingerprint density at radius 2 is 1.91 bits per heavy atom. The van der Waals surface area contributed by atoms with Gasteiger partial charge in [-0.1, -0.05) is 19.3 Å². The summed E-state index contributed by atoms with van der Waals surface area (Å²) in [6, 6.07) is 0. The van der Waals surface area contributed by atoms with Gasteiger partial charge in [0.15, 0.2) is 0 Å². The van der Waals surface area contributed by atoms with Gasteiger partial charge in [-0.05, 0) is 31.6 Å². The lowest BCUT2D eigenvalue weighted by molar-refractivity contribution is -0.124. The lowest BCUT2D eigenvalue weighted by atomic mass is 9.82. The highest BCUT2D eigenvalue weighted by molar-refractivity contribution is 8.06. The van der Waals surface area contributed by atoms with Crippen LogP contribution in [0, 0.1) is 11.8 Å². The molecule has 1 heterocycles. The lowest BCUT2D eigenvalue weighted by Gasteiger charge is -2.31. The highest BCUT2D eigenvalue weighted by atomic mass is 32.2. The summed E-state index contributed by atoms with van der Waals surface area (Å²) in [5.74, 6) is 4.01. The molecule has 1 aliphatic carbocycles. The Labute approximate surface area is 148 Å². The van der Waals surface area contributed by atoms with Gasteiger partial charge in [0.05, 0.1) is 5.75 Å². The first-order chi connectivity index (χ1) is 11.0. The molecule has 2 fully saturated rings. The molecule has 134 valence electrons. The second-order valence-corrected chi connectivity index (χ2v) is 10.7. The number of hydrogen-bond acceptors (Lipinski definition) is 5. The fourth-order valence-electron chi connectivity index (χ4n) is 3.58. The molecule has 2 unspecified atom stereocenters. The van der Waals surface area contributed by atoms with Crippen molar-refractivity contribution in [1.82, 2.24) is 0 Å². The molecule has 0 radical (unpaired) electrons. The predicted molar refractivity (Wildman–Crippen MR) is 98.9 cm³/mol. The Morgan fingerprint density at radius 1 is 1.17 bits per heavy atom. The van der Waals surface area contributed by atoms with Crippen LogP contribution in [0.15, 0.2) is 0 Å². The molecule has 4 nitrogen and oxygen atoms in total. The van der Waals surface area contributed by atoms with Crippen molar-refractivity contribution in [2.24, 2.45) is 11.8 Å². The number of ketones is 1. The summed E-state index contributed by atoms with van der Waals surface area (Å²) in [6.45, 7) is 0. The molecular weight excluding hydrogens is 352 g/mol. The topological polar surface area (TPSA) is 71.4 Å². The van der Waals surface area contributed by atoms with E-state index >= 15 is 0 Å². The predicted octanol–water partition coefficient (Wildman–Crippen LogP) is 3.66. The molecule has 0 spiro atoms. The zero-order valence-corrected chi connectivity index (χ0v) is 16.1. The zero-order valence-electron chi connectivity index (χ0n) is 13.6. The minimum absolute atomic E-state index is 0.189. The maximum Gasteiger partial charge on any atom is 0.264 e. The summed E-state index contributed by atoms with van der Waals surface area (Å²) in [5.41, 5.74) is 0. The standard InChI is InChI=1S/C16H28O4S3/c17-15(13-5-2-1-3-6-13)11-14(7-4-10-23(18,19)20)16-12-21-8-9-22-16/h13-14,16H,1-12H2,(H,18,19,20). The van der Waals surface area contributed by atoms with Crippen LogP contribution >= 0.6 is 23.5 Å². The Bertz CT molecular complexity index is 466. The van der Waals surface area contributed by atoms with E-state index in [1.165, 1.54) is 6.42 Å². The molecule has 23 heavy (non-hydrogen) atoms. The molecule has 2 rings (SSSR count). The minimum Gasteiger partial charge on any atom is -0.299 e. The van der Waals surface area contributed by atoms with Crippen molar-refractivity contribution >= 4 is 39.4 Å². The lowest BCUT2D eigenvalue weighted by Crippen LogP contribution is -2.29. The number of hydrogen-bond donors (Lipinski definition) is 1. The molecule has 1 saturated carbocycles. The van der Waals surface area contributed by atoms with Crippen LogP contribution in [0.3, 0.4) is 0 Å². The van der Waals surface area contributed by atoms with Crippen LogP contribution in [0.25, 0.3) is 0 Å². The Kier molecular flexibility index (Phi) is 8.25. The highest BCUT2D eigenvalue weighted by Crippen LogP contribution is 2.35. The average molecular weight is 381 g/mol. The quantitative estimate of drug-likeness (QED) is 0.648. The van der Waals surface area contributed by atoms with E-state index in [1.807, 2.05) is 23.5 Å². The van der Waals surface area contributed by atoms with Crippen molar-refractivity contribution < 1.29 is 17.8 Å². The number of carbonyl (C=O) groups is 1. The number of Topliss-reactive ketones (excluding diaryl/α,β-unsaturated/α-hetero) is 1.